The molecule has 0 radical (unpaired) electrons. The SMILES string of the molecule is COc1c(C)cccc1COC(=O)Cl. The Hall–Kier alpha value is -1.22. The van der Waals surface area contributed by atoms with Crippen molar-refractivity contribution < 1.29 is 14.3 Å². The molecule has 1 aromatic carbocycles. The number of benzene rings is 1. The van der Waals surface area contributed by atoms with Crippen molar-refractivity contribution in [3.8, 4) is 5.75 Å². The number of rotatable bonds is 3. The fourth-order valence-electron chi connectivity index (χ4n) is 1.25. The fourth-order valence-corrected chi connectivity index (χ4v) is 1.31. The average molecular weight is 215 g/mol. The molecular weight excluding hydrogens is 204 g/mol. The van der Waals surface area contributed by atoms with Crippen LogP contribution in [0.3, 0.4) is 0 Å². The van der Waals surface area contributed by atoms with Gasteiger partial charge in [0, 0.05) is 17.2 Å². The van der Waals surface area contributed by atoms with Crippen LogP contribution in [0.25, 0.3) is 0 Å². The van der Waals surface area contributed by atoms with Gasteiger partial charge in [-0.3, -0.25) is 0 Å². The zero-order chi connectivity index (χ0) is 10.6. The number of hydrogen-bond donors (Lipinski definition) is 0. The Labute approximate surface area is 87.6 Å². The molecular formula is C10H11ClO3. The van der Waals surface area contributed by atoms with Crippen LogP contribution in [-0.4, -0.2) is 12.5 Å². The quantitative estimate of drug-likeness (QED) is 0.726. The molecule has 0 heterocycles. The summed E-state index contributed by atoms with van der Waals surface area (Å²) >= 11 is 5.06. The van der Waals surface area contributed by atoms with Gasteiger partial charge >= 0.3 is 5.43 Å². The van der Waals surface area contributed by atoms with E-state index >= 15 is 0 Å². The van der Waals surface area contributed by atoms with E-state index in [0.717, 1.165) is 16.9 Å². The van der Waals surface area contributed by atoms with Crippen LogP contribution >= 0.6 is 11.6 Å². The third-order valence-electron chi connectivity index (χ3n) is 1.84. The van der Waals surface area contributed by atoms with Gasteiger partial charge < -0.3 is 9.47 Å². The summed E-state index contributed by atoms with van der Waals surface area (Å²) in [4.78, 5) is 10.4. The van der Waals surface area contributed by atoms with Gasteiger partial charge in [-0.15, -0.1) is 0 Å². The molecule has 0 N–H and O–H groups in total. The van der Waals surface area contributed by atoms with Gasteiger partial charge in [0.25, 0.3) is 0 Å². The molecule has 0 aliphatic heterocycles. The van der Waals surface area contributed by atoms with E-state index in [4.69, 9.17) is 16.3 Å². The van der Waals surface area contributed by atoms with Crippen LogP contribution in [0.2, 0.25) is 0 Å². The summed E-state index contributed by atoms with van der Waals surface area (Å²) in [6.45, 7) is 2.05. The summed E-state index contributed by atoms with van der Waals surface area (Å²) < 4.78 is 9.85. The van der Waals surface area contributed by atoms with E-state index in [0.29, 0.717) is 0 Å². The first-order valence-electron chi connectivity index (χ1n) is 4.10. The molecule has 0 atom stereocenters. The molecule has 14 heavy (non-hydrogen) atoms. The maximum Gasteiger partial charge on any atom is 0.404 e. The first-order chi connectivity index (χ1) is 6.65. The molecule has 4 heteroatoms. The molecule has 0 saturated heterocycles. The fraction of sp³-hybridized carbons (Fsp3) is 0.300. The van der Waals surface area contributed by atoms with E-state index in [1.54, 1.807) is 7.11 Å². The number of methoxy groups -OCH3 is 1. The van der Waals surface area contributed by atoms with Crippen molar-refractivity contribution >= 4 is 17.0 Å². The minimum absolute atomic E-state index is 0.132. The summed E-state index contributed by atoms with van der Waals surface area (Å²) in [6.07, 6.45) is 0. The van der Waals surface area contributed by atoms with Crippen LogP contribution < -0.4 is 4.74 Å². The second kappa shape index (κ2) is 4.86. The Kier molecular flexibility index (Phi) is 3.77. The summed E-state index contributed by atoms with van der Waals surface area (Å²) in [7, 11) is 1.58. The zero-order valence-electron chi connectivity index (χ0n) is 8.04. The second-order valence-electron chi connectivity index (χ2n) is 2.79. The minimum atomic E-state index is -0.812. The first-order valence-corrected chi connectivity index (χ1v) is 4.47. The predicted octanol–water partition coefficient (Wildman–Crippen LogP) is 2.88. The Morgan fingerprint density at radius 3 is 2.79 bits per heavy atom. The highest BCUT2D eigenvalue weighted by Crippen LogP contribution is 2.23. The van der Waals surface area contributed by atoms with E-state index < -0.39 is 5.43 Å². The number of carbonyl (C=O) groups is 1. The second-order valence-corrected chi connectivity index (χ2v) is 3.10. The van der Waals surface area contributed by atoms with Gasteiger partial charge in [-0.25, -0.2) is 4.79 Å². The van der Waals surface area contributed by atoms with E-state index in [1.807, 2.05) is 25.1 Å². The maximum atomic E-state index is 10.4. The normalized spacial score (nSPS) is 9.64. The van der Waals surface area contributed by atoms with Crippen molar-refractivity contribution in [2.45, 2.75) is 13.5 Å². The first kappa shape index (κ1) is 10.9. The number of aryl methyl sites for hydroxylation is 1. The molecule has 0 fully saturated rings. The van der Waals surface area contributed by atoms with Crippen molar-refractivity contribution in [2.75, 3.05) is 7.11 Å². The maximum absolute atomic E-state index is 10.4. The lowest BCUT2D eigenvalue weighted by molar-refractivity contribution is 0.165. The molecule has 3 nitrogen and oxygen atoms in total. The summed E-state index contributed by atoms with van der Waals surface area (Å²) in [5.74, 6) is 0.727. The van der Waals surface area contributed by atoms with Gasteiger partial charge in [0.2, 0.25) is 0 Å². The third-order valence-corrected chi connectivity index (χ3v) is 1.95. The highest BCUT2D eigenvalue weighted by atomic mass is 35.5. The van der Waals surface area contributed by atoms with Crippen molar-refractivity contribution in [3.05, 3.63) is 29.3 Å². The Morgan fingerprint density at radius 1 is 1.50 bits per heavy atom. The highest BCUT2D eigenvalue weighted by Gasteiger charge is 2.07. The van der Waals surface area contributed by atoms with Crippen molar-refractivity contribution in [1.82, 2.24) is 0 Å². The smallest absolute Gasteiger partial charge is 0.404 e. The molecule has 76 valence electrons. The van der Waals surface area contributed by atoms with Crippen LogP contribution in [0.5, 0.6) is 5.75 Å². The van der Waals surface area contributed by atoms with Crippen LogP contribution in [0.1, 0.15) is 11.1 Å². The van der Waals surface area contributed by atoms with Crippen LogP contribution in [-0.2, 0) is 11.3 Å². The minimum Gasteiger partial charge on any atom is -0.496 e. The average Bonchev–Trinajstić information content (AvgIpc) is 2.14. The van der Waals surface area contributed by atoms with Crippen LogP contribution in [0.15, 0.2) is 18.2 Å². The molecule has 0 amide bonds. The van der Waals surface area contributed by atoms with Crippen molar-refractivity contribution in [1.29, 1.82) is 0 Å². The standard InChI is InChI=1S/C10H11ClO3/c1-7-4-3-5-8(9(7)13-2)6-14-10(11)12/h3-5H,6H2,1-2H3. The lowest BCUT2D eigenvalue weighted by Gasteiger charge is -2.10. The molecule has 1 aromatic rings. The number of ether oxygens (including phenoxy) is 2. The largest absolute Gasteiger partial charge is 0.496 e. The molecule has 0 aromatic heterocycles. The third kappa shape index (κ3) is 2.64. The number of hydrogen-bond acceptors (Lipinski definition) is 3. The Balaban J connectivity index is 2.85. The Morgan fingerprint density at radius 2 is 2.21 bits per heavy atom. The lowest BCUT2D eigenvalue weighted by Crippen LogP contribution is -1.99. The molecule has 0 saturated carbocycles. The topological polar surface area (TPSA) is 35.5 Å². The number of halogens is 1. The molecule has 0 bridgehead atoms. The highest BCUT2D eigenvalue weighted by molar-refractivity contribution is 6.61. The monoisotopic (exact) mass is 214 g/mol. The van der Waals surface area contributed by atoms with E-state index in [-0.39, 0.29) is 6.61 Å². The van der Waals surface area contributed by atoms with E-state index in [9.17, 15) is 4.79 Å². The van der Waals surface area contributed by atoms with Gasteiger partial charge in [-0.2, -0.15) is 0 Å². The Bertz CT molecular complexity index is 336. The zero-order valence-corrected chi connectivity index (χ0v) is 8.80. The molecule has 1 rings (SSSR count). The van der Waals surface area contributed by atoms with Crippen molar-refractivity contribution in [3.63, 3.8) is 0 Å². The van der Waals surface area contributed by atoms with Gasteiger partial charge in [-0.1, -0.05) is 18.2 Å². The van der Waals surface area contributed by atoms with Gasteiger partial charge in [0.15, 0.2) is 0 Å². The number of para-hydroxylation sites is 1. The van der Waals surface area contributed by atoms with Gasteiger partial charge in [0.05, 0.1) is 7.11 Å². The van der Waals surface area contributed by atoms with Crippen LogP contribution in [0, 0.1) is 6.92 Å². The molecule has 0 aliphatic carbocycles. The van der Waals surface area contributed by atoms with E-state index in [2.05, 4.69) is 4.74 Å². The van der Waals surface area contributed by atoms with E-state index in [1.165, 1.54) is 0 Å². The lowest BCUT2D eigenvalue weighted by atomic mass is 10.1. The molecule has 0 spiro atoms. The predicted molar refractivity (Wildman–Crippen MR) is 53.8 cm³/mol. The summed E-state index contributed by atoms with van der Waals surface area (Å²) in [5, 5.41) is 0. The van der Waals surface area contributed by atoms with Gasteiger partial charge in [-0.05, 0) is 12.5 Å². The summed E-state index contributed by atoms with van der Waals surface area (Å²) in [5.41, 5.74) is 0.991. The van der Waals surface area contributed by atoms with Gasteiger partial charge in [0.1, 0.15) is 12.4 Å². The molecule has 0 aliphatic rings. The number of carbonyl (C=O) groups excluding carboxylic acids is 1. The molecule has 0 unspecified atom stereocenters. The summed E-state index contributed by atoms with van der Waals surface area (Å²) in [6, 6.07) is 5.62. The van der Waals surface area contributed by atoms with Crippen LogP contribution in [0.4, 0.5) is 4.79 Å². The van der Waals surface area contributed by atoms with Crippen molar-refractivity contribution in [2.24, 2.45) is 0 Å².